The number of likely N-dealkylation sites (N-methyl/N-ethyl adjacent to an activating group) is 1. The van der Waals surface area contributed by atoms with Crippen LogP contribution in [-0.2, 0) is 32.7 Å². The zero-order chi connectivity index (χ0) is 20.9. The van der Waals surface area contributed by atoms with Gasteiger partial charge < -0.3 is 14.7 Å². The smallest absolute Gasteiger partial charge is 0.222 e. The van der Waals surface area contributed by atoms with E-state index in [-0.39, 0.29) is 37.6 Å². The lowest BCUT2D eigenvalue weighted by Crippen LogP contribution is -2.47. The summed E-state index contributed by atoms with van der Waals surface area (Å²) in [6.45, 7) is 4.87. The molecule has 1 aliphatic rings. The number of carbonyl (C=O) groups excluding carboxylic acids is 1. The van der Waals surface area contributed by atoms with Crippen LogP contribution in [0.25, 0.3) is 0 Å². The second-order valence-corrected chi connectivity index (χ2v) is 9.61. The van der Waals surface area contributed by atoms with Crippen molar-refractivity contribution in [3.63, 3.8) is 0 Å². The van der Waals surface area contributed by atoms with Crippen molar-refractivity contribution >= 4 is 15.9 Å². The van der Waals surface area contributed by atoms with E-state index in [0.29, 0.717) is 31.6 Å². The summed E-state index contributed by atoms with van der Waals surface area (Å²) >= 11 is 0. The summed E-state index contributed by atoms with van der Waals surface area (Å²) in [6.07, 6.45) is 3.42. The first-order valence-corrected chi connectivity index (χ1v) is 11.3. The van der Waals surface area contributed by atoms with Gasteiger partial charge in [-0.15, -0.1) is 5.10 Å². The Balaban J connectivity index is 2.27. The van der Waals surface area contributed by atoms with E-state index in [1.54, 1.807) is 22.7 Å². The second-order valence-electron chi connectivity index (χ2n) is 7.52. The molecule has 1 amide bonds. The number of ether oxygens (including phenoxy) is 1. The third-order valence-corrected chi connectivity index (χ3v) is 6.33. The number of hydrogen-bond acceptors (Lipinski definition) is 7. The van der Waals surface area contributed by atoms with Gasteiger partial charge in [0, 0.05) is 39.0 Å². The van der Waals surface area contributed by atoms with Crippen LogP contribution in [0, 0.1) is 5.92 Å². The molecule has 0 saturated carbocycles. The molecule has 0 saturated heterocycles. The quantitative estimate of drug-likeness (QED) is 0.698. The minimum Gasteiger partial charge on any atom is -0.394 e. The van der Waals surface area contributed by atoms with Gasteiger partial charge in [-0.1, -0.05) is 12.1 Å². The maximum Gasteiger partial charge on any atom is 0.222 e. The Kier molecular flexibility index (Phi) is 7.93. The summed E-state index contributed by atoms with van der Waals surface area (Å²) in [7, 11) is -1.87. The highest BCUT2D eigenvalue weighted by atomic mass is 32.2. The predicted octanol–water partition coefficient (Wildman–Crippen LogP) is -0.306. The molecule has 2 rings (SSSR count). The minimum absolute atomic E-state index is 0.0526. The van der Waals surface area contributed by atoms with Gasteiger partial charge in [0.1, 0.15) is 5.69 Å². The van der Waals surface area contributed by atoms with Gasteiger partial charge in [-0.2, -0.15) is 0 Å². The zero-order valence-corrected chi connectivity index (χ0v) is 17.8. The number of aliphatic hydroxyl groups excluding tert-OH is 1. The molecule has 3 atom stereocenters. The number of hydrogen-bond donors (Lipinski definition) is 1. The van der Waals surface area contributed by atoms with Gasteiger partial charge in [-0.25, -0.2) is 12.7 Å². The van der Waals surface area contributed by atoms with E-state index in [4.69, 9.17) is 4.74 Å². The molecule has 1 aromatic heterocycles. The van der Waals surface area contributed by atoms with E-state index in [0.717, 1.165) is 6.26 Å². The Bertz CT molecular complexity index is 753. The van der Waals surface area contributed by atoms with Crippen LogP contribution in [0.5, 0.6) is 0 Å². The van der Waals surface area contributed by atoms with Gasteiger partial charge in [0.25, 0.3) is 0 Å². The summed E-state index contributed by atoms with van der Waals surface area (Å²) in [4.78, 5) is 14.4. The van der Waals surface area contributed by atoms with Crippen molar-refractivity contribution < 1.29 is 23.1 Å². The number of aryl methyl sites for hydroxylation is 1. The molecule has 160 valence electrons. The number of aromatic nitrogens is 3. The molecule has 0 aliphatic carbocycles. The highest BCUT2D eigenvalue weighted by molar-refractivity contribution is 7.88. The van der Waals surface area contributed by atoms with E-state index < -0.39 is 16.1 Å². The van der Waals surface area contributed by atoms with Gasteiger partial charge >= 0.3 is 0 Å². The molecular formula is C17H31N5O5S. The third-order valence-electron chi connectivity index (χ3n) is 5.05. The van der Waals surface area contributed by atoms with Gasteiger partial charge in [-0.3, -0.25) is 9.48 Å². The van der Waals surface area contributed by atoms with Crippen LogP contribution >= 0.6 is 0 Å². The second kappa shape index (κ2) is 9.77. The molecule has 0 aromatic carbocycles. The van der Waals surface area contributed by atoms with Crippen LogP contribution in [0.2, 0.25) is 0 Å². The Hall–Kier alpha value is -1.56. The Morgan fingerprint density at radius 1 is 1.46 bits per heavy atom. The summed E-state index contributed by atoms with van der Waals surface area (Å²) in [6, 6.07) is -0.328. The van der Waals surface area contributed by atoms with Crippen molar-refractivity contribution in [1.29, 1.82) is 0 Å². The van der Waals surface area contributed by atoms with Crippen LogP contribution in [-0.4, -0.2) is 88.8 Å². The number of carbonyl (C=O) groups is 1. The topological polar surface area (TPSA) is 118 Å². The molecule has 28 heavy (non-hydrogen) atoms. The van der Waals surface area contributed by atoms with Gasteiger partial charge in [0.05, 0.1) is 37.8 Å². The Morgan fingerprint density at radius 3 is 2.82 bits per heavy atom. The number of nitrogens with zero attached hydrogens (tertiary/aromatic N) is 5. The summed E-state index contributed by atoms with van der Waals surface area (Å²) in [5.74, 6) is -0.207. The molecule has 0 radical (unpaired) electrons. The van der Waals surface area contributed by atoms with Crippen LogP contribution in [0.1, 0.15) is 32.4 Å². The van der Waals surface area contributed by atoms with Crippen molar-refractivity contribution in [2.45, 2.75) is 52.0 Å². The standard InChI is InChI=1S/C17H31N5O5S/c1-13-8-22(14(2)11-23)17(24)6-5-7-21-9-15(18-19-21)12-27-16(13)10-20(3)28(4,25)26/h9,13-14,16,23H,5-8,10-12H2,1-4H3/t13-,14-,16-/m0/s1. The number of aliphatic hydroxyl groups is 1. The van der Waals surface area contributed by atoms with Gasteiger partial charge in [0.15, 0.2) is 0 Å². The first-order valence-electron chi connectivity index (χ1n) is 9.44. The van der Waals surface area contributed by atoms with E-state index in [2.05, 4.69) is 10.3 Å². The van der Waals surface area contributed by atoms with Crippen LogP contribution in [0.15, 0.2) is 6.20 Å². The minimum atomic E-state index is -3.37. The van der Waals surface area contributed by atoms with Crippen molar-refractivity contribution in [2.24, 2.45) is 5.92 Å². The number of fused-ring (bicyclic) bond motifs is 2. The molecular weight excluding hydrogens is 386 g/mol. The third kappa shape index (κ3) is 6.23. The Morgan fingerprint density at radius 2 is 2.18 bits per heavy atom. The summed E-state index contributed by atoms with van der Waals surface area (Å²) < 4.78 is 32.6. The molecule has 1 aliphatic heterocycles. The van der Waals surface area contributed by atoms with Crippen LogP contribution < -0.4 is 0 Å². The normalized spacial score (nSPS) is 23.8. The van der Waals surface area contributed by atoms with E-state index in [9.17, 15) is 18.3 Å². The SMILES string of the molecule is C[C@H]1CN([C@@H](C)CO)C(=O)CCCn2cc(nn2)CO[C@H]1CN(C)S(C)(=O)=O. The molecule has 2 heterocycles. The first-order chi connectivity index (χ1) is 13.1. The molecule has 1 N–H and O–H groups in total. The van der Waals surface area contributed by atoms with Crippen LogP contribution in [0.4, 0.5) is 0 Å². The fourth-order valence-electron chi connectivity index (χ4n) is 3.08. The largest absolute Gasteiger partial charge is 0.394 e. The molecule has 10 nitrogen and oxygen atoms in total. The fourth-order valence-corrected chi connectivity index (χ4v) is 3.50. The number of amides is 1. The van der Waals surface area contributed by atoms with Gasteiger partial charge in [-0.05, 0) is 13.3 Å². The molecule has 2 bridgehead atoms. The maximum atomic E-state index is 12.7. The lowest BCUT2D eigenvalue weighted by molar-refractivity contribution is -0.136. The summed E-state index contributed by atoms with van der Waals surface area (Å²) in [5.41, 5.74) is 0.658. The Labute approximate surface area is 166 Å². The zero-order valence-electron chi connectivity index (χ0n) is 17.0. The van der Waals surface area contributed by atoms with E-state index in [1.165, 1.54) is 11.4 Å². The molecule has 1 aromatic rings. The first kappa shape index (κ1) is 22.7. The lowest BCUT2D eigenvalue weighted by atomic mass is 10.0. The van der Waals surface area contributed by atoms with Crippen molar-refractivity contribution in [1.82, 2.24) is 24.2 Å². The number of rotatable bonds is 5. The van der Waals surface area contributed by atoms with Crippen LogP contribution in [0.3, 0.4) is 0 Å². The molecule has 0 fully saturated rings. The molecule has 0 spiro atoms. The highest BCUT2D eigenvalue weighted by Crippen LogP contribution is 2.18. The van der Waals surface area contributed by atoms with Crippen molar-refractivity contribution in [3.8, 4) is 0 Å². The van der Waals surface area contributed by atoms with Crippen molar-refractivity contribution in [2.75, 3.05) is 33.0 Å². The average Bonchev–Trinajstić information content (AvgIpc) is 3.08. The highest BCUT2D eigenvalue weighted by Gasteiger charge is 2.29. The van der Waals surface area contributed by atoms with Crippen molar-refractivity contribution in [3.05, 3.63) is 11.9 Å². The number of sulfonamides is 1. The molecule has 0 unspecified atom stereocenters. The monoisotopic (exact) mass is 417 g/mol. The summed E-state index contributed by atoms with van der Waals surface area (Å²) in [5, 5.41) is 17.7. The maximum absolute atomic E-state index is 12.7. The molecule has 11 heteroatoms. The lowest BCUT2D eigenvalue weighted by Gasteiger charge is -2.34. The fraction of sp³-hybridized carbons (Fsp3) is 0.824. The predicted molar refractivity (Wildman–Crippen MR) is 103 cm³/mol. The van der Waals surface area contributed by atoms with E-state index in [1.807, 2.05) is 6.92 Å². The van der Waals surface area contributed by atoms with E-state index >= 15 is 0 Å². The van der Waals surface area contributed by atoms with Gasteiger partial charge in [0.2, 0.25) is 15.9 Å². The average molecular weight is 418 g/mol.